The molecule has 1 atom stereocenters. The van der Waals surface area contributed by atoms with Crippen LogP contribution in [0.4, 0.5) is 15.3 Å². The summed E-state index contributed by atoms with van der Waals surface area (Å²) in [5.74, 6) is -0.226. The van der Waals surface area contributed by atoms with Gasteiger partial charge in [-0.3, -0.25) is 9.69 Å². The van der Waals surface area contributed by atoms with E-state index in [1.807, 2.05) is 31.2 Å². The largest absolute Gasteiger partial charge is 0.329 e. The normalized spacial score (nSPS) is 21.2. The van der Waals surface area contributed by atoms with Crippen LogP contribution >= 0.6 is 0 Å². The molecule has 7 heteroatoms. The van der Waals surface area contributed by atoms with Crippen molar-refractivity contribution >= 4 is 23.7 Å². The van der Waals surface area contributed by atoms with Crippen LogP contribution in [0.3, 0.4) is 0 Å². The highest BCUT2D eigenvalue weighted by atomic mass is 16.2. The first-order chi connectivity index (χ1) is 10.5. The van der Waals surface area contributed by atoms with Crippen LogP contribution in [-0.4, -0.2) is 53.4 Å². The van der Waals surface area contributed by atoms with Gasteiger partial charge in [-0.15, -0.1) is 0 Å². The summed E-state index contributed by atoms with van der Waals surface area (Å²) in [5.41, 5.74) is 1.81. The molecule has 7 nitrogen and oxygen atoms in total. The van der Waals surface area contributed by atoms with Gasteiger partial charge >= 0.3 is 12.1 Å². The average Bonchev–Trinajstić information content (AvgIpc) is 3.06. The molecule has 0 spiro atoms. The fourth-order valence-electron chi connectivity index (χ4n) is 2.87. The molecule has 0 aromatic heterocycles. The molecule has 0 bridgehead atoms. The molecule has 5 amide bonds. The van der Waals surface area contributed by atoms with Crippen molar-refractivity contribution < 1.29 is 14.4 Å². The molecule has 22 heavy (non-hydrogen) atoms. The second kappa shape index (κ2) is 5.67. The Morgan fingerprint density at radius 1 is 1.36 bits per heavy atom. The van der Waals surface area contributed by atoms with E-state index in [0.717, 1.165) is 11.3 Å². The maximum Gasteiger partial charge on any atom is 0.324 e. The Hall–Kier alpha value is -2.57. The number of carbonyl (C=O) groups is 3. The average molecular weight is 302 g/mol. The SMILES string of the molecule is Cc1cccc(NC(=O)N2CCC(N3C(=O)CNC3=O)C2)c1. The van der Waals surface area contributed by atoms with Gasteiger partial charge in [0.05, 0.1) is 12.6 Å². The second-order valence-electron chi connectivity index (χ2n) is 5.61. The zero-order valence-electron chi connectivity index (χ0n) is 12.3. The molecular weight excluding hydrogens is 284 g/mol. The van der Waals surface area contributed by atoms with Crippen LogP contribution in [0.2, 0.25) is 0 Å². The van der Waals surface area contributed by atoms with Crippen molar-refractivity contribution in [1.82, 2.24) is 15.1 Å². The molecule has 2 N–H and O–H groups in total. The number of rotatable bonds is 2. The van der Waals surface area contributed by atoms with E-state index >= 15 is 0 Å². The number of anilines is 1. The number of nitrogens with one attached hydrogen (secondary N) is 2. The summed E-state index contributed by atoms with van der Waals surface area (Å²) in [6.45, 7) is 2.90. The van der Waals surface area contributed by atoms with Gasteiger partial charge in [0.2, 0.25) is 5.91 Å². The Morgan fingerprint density at radius 3 is 2.86 bits per heavy atom. The lowest BCUT2D eigenvalue weighted by atomic mass is 10.2. The molecule has 2 aliphatic heterocycles. The number of urea groups is 2. The van der Waals surface area contributed by atoms with E-state index in [9.17, 15) is 14.4 Å². The van der Waals surface area contributed by atoms with Gasteiger partial charge in [0.15, 0.2) is 0 Å². The number of imide groups is 1. The van der Waals surface area contributed by atoms with E-state index < -0.39 is 0 Å². The van der Waals surface area contributed by atoms with E-state index in [4.69, 9.17) is 0 Å². The smallest absolute Gasteiger partial charge is 0.324 e. The summed E-state index contributed by atoms with van der Waals surface area (Å²) in [4.78, 5) is 38.5. The Morgan fingerprint density at radius 2 is 2.18 bits per heavy atom. The predicted octanol–water partition coefficient (Wildman–Crippen LogP) is 1.15. The molecular formula is C15H18N4O3. The fraction of sp³-hybridized carbons (Fsp3) is 0.400. The van der Waals surface area contributed by atoms with Crippen molar-refractivity contribution in [2.45, 2.75) is 19.4 Å². The molecule has 0 saturated carbocycles. The Balaban J connectivity index is 1.61. The molecule has 2 heterocycles. The van der Waals surface area contributed by atoms with Crippen molar-refractivity contribution in [2.75, 3.05) is 25.0 Å². The summed E-state index contributed by atoms with van der Waals surface area (Å²) in [7, 11) is 0. The Kier molecular flexibility index (Phi) is 3.70. The minimum Gasteiger partial charge on any atom is -0.329 e. The van der Waals surface area contributed by atoms with Crippen molar-refractivity contribution in [3.8, 4) is 0 Å². The van der Waals surface area contributed by atoms with Gasteiger partial charge in [0, 0.05) is 18.8 Å². The standard InChI is InChI=1S/C15H18N4O3/c1-10-3-2-4-11(7-10)17-15(22)18-6-5-12(9-18)19-13(20)8-16-14(19)21/h2-4,7,12H,5-6,8-9H2,1H3,(H,16,21)(H,17,22). The molecule has 3 rings (SSSR count). The molecule has 1 aromatic carbocycles. The molecule has 116 valence electrons. The number of hydrogen-bond donors (Lipinski definition) is 2. The second-order valence-corrected chi connectivity index (χ2v) is 5.61. The number of aryl methyl sites for hydroxylation is 1. The monoisotopic (exact) mass is 302 g/mol. The zero-order chi connectivity index (χ0) is 15.7. The molecule has 0 aliphatic carbocycles. The van der Waals surface area contributed by atoms with Gasteiger partial charge in [-0.25, -0.2) is 9.59 Å². The Bertz CT molecular complexity index is 615. The summed E-state index contributed by atoms with van der Waals surface area (Å²) < 4.78 is 0. The Labute approximate surface area is 128 Å². The van der Waals surface area contributed by atoms with Crippen LogP contribution in [0.5, 0.6) is 0 Å². The van der Waals surface area contributed by atoms with Crippen molar-refractivity contribution in [2.24, 2.45) is 0 Å². The van der Waals surface area contributed by atoms with Gasteiger partial charge in [0.25, 0.3) is 0 Å². The van der Waals surface area contributed by atoms with Crippen molar-refractivity contribution in [3.05, 3.63) is 29.8 Å². The molecule has 1 unspecified atom stereocenters. The van der Waals surface area contributed by atoms with Gasteiger partial charge < -0.3 is 15.5 Å². The maximum absolute atomic E-state index is 12.3. The third-order valence-electron chi connectivity index (χ3n) is 3.96. The lowest BCUT2D eigenvalue weighted by Gasteiger charge is -2.21. The highest BCUT2D eigenvalue weighted by Crippen LogP contribution is 2.19. The van der Waals surface area contributed by atoms with Crippen LogP contribution in [0.15, 0.2) is 24.3 Å². The van der Waals surface area contributed by atoms with Gasteiger partial charge in [0.1, 0.15) is 0 Å². The van der Waals surface area contributed by atoms with E-state index in [-0.39, 0.29) is 30.6 Å². The fourth-order valence-corrected chi connectivity index (χ4v) is 2.87. The number of amides is 5. The number of nitrogens with zero attached hydrogens (tertiary/aromatic N) is 2. The molecule has 2 fully saturated rings. The molecule has 2 saturated heterocycles. The van der Waals surface area contributed by atoms with Crippen LogP contribution in [0.1, 0.15) is 12.0 Å². The maximum atomic E-state index is 12.3. The van der Waals surface area contributed by atoms with Crippen molar-refractivity contribution in [1.29, 1.82) is 0 Å². The lowest BCUT2D eigenvalue weighted by Crippen LogP contribution is -2.43. The first-order valence-electron chi connectivity index (χ1n) is 7.27. The predicted molar refractivity (Wildman–Crippen MR) is 80.4 cm³/mol. The quantitative estimate of drug-likeness (QED) is 0.804. The molecule has 1 aromatic rings. The minimum atomic E-state index is -0.365. The number of hydrogen-bond acceptors (Lipinski definition) is 3. The minimum absolute atomic E-state index is 0.0465. The van der Waals surface area contributed by atoms with Gasteiger partial charge in [-0.2, -0.15) is 0 Å². The summed E-state index contributed by atoms with van der Waals surface area (Å²) >= 11 is 0. The van der Waals surface area contributed by atoms with Crippen LogP contribution in [0, 0.1) is 6.92 Å². The summed E-state index contributed by atoms with van der Waals surface area (Å²) in [6, 6.07) is 6.75. The van der Waals surface area contributed by atoms with Crippen LogP contribution in [-0.2, 0) is 4.79 Å². The highest BCUT2D eigenvalue weighted by Gasteiger charge is 2.39. The molecule has 0 radical (unpaired) electrons. The van der Waals surface area contributed by atoms with E-state index in [1.165, 1.54) is 4.90 Å². The van der Waals surface area contributed by atoms with Crippen molar-refractivity contribution in [3.63, 3.8) is 0 Å². The summed E-state index contributed by atoms with van der Waals surface area (Å²) in [6.07, 6.45) is 0.612. The number of likely N-dealkylation sites (tertiary alicyclic amines) is 1. The van der Waals surface area contributed by atoms with Crippen LogP contribution in [0.25, 0.3) is 0 Å². The van der Waals surface area contributed by atoms with Crippen LogP contribution < -0.4 is 10.6 Å². The first-order valence-corrected chi connectivity index (χ1v) is 7.27. The van der Waals surface area contributed by atoms with E-state index in [2.05, 4.69) is 10.6 Å². The lowest BCUT2D eigenvalue weighted by molar-refractivity contribution is -0.126. The molecule has 2 aliphatic rings. The van der Waals surface area contributed by atoms with E-state index in [0.29, 0.717) is 19.5 Å². The zero-order valence-corrected chi connectivity index (χ0v) is 12.3. The number of carbonyl (C=O) groups excluding carboxylic acids is 3. The number of benzene rings is 1. The van der Waals surface area contributed by atoms with E-state index in [1.54, 1.807) is 4.90 Å². The first kappa shape index (κ1) is 14.4. The third kappa shape index (κ3) is 2.74. The van der Waals surface area contributed by atoms with Gasteiger partial charge in [-0.1, -0.05) is 12.1 Å². The van der Waals surface area contributed by atoms with Gasteiger partial charge in [-0.05, 0) is 31.0 Å². The summed E-state index contributed by atoms with van der Waals surface area (Å²) in [5, 5.41) is 5.35. The third-order valence-corrected chi connectivity index (χ3v) is 3.96. The highest BCUT2D eigenvalue weighted by molar-refractivity contribution is 6.02. The topological polar surface area (TPSA) is 81.8 Å².